The molecule has 96 valence electrons. The van der Waals surface area contributed by atoms with Crippen LogP contribution in [0.4, 0.5) is 0 Å². The third-order valence-corrected chi connectivity index (χ3v) is 3.39. The van der Waals surface area contributed by atoms with Crippen LogP contribution in [0.1, 0.15) is 39.0 Å². The van der Waals surface area contributed by atoms with Gasteiger partial charge in [0.1, 0.15) is 0 Å². The van der Waals surface area contributed by atoms with Crippen molar-refractivity contribution in [2.45, 2.75) is 56.7 Å². The Morgan fingerprint density at radius 1 is 1.38 bits per heavy atom. The van der Waals surface area contributed by atoms with Gasteiger partial charge in [0.15, 0.2) is 0 Å². The molecule has 16 heavy (non-hydrogen) atoms. The fourth-order valence-corrected chi connectivity index (χ4v) is 2.10. The van der Waals surface area contributed by atoms with E-state index >= 15 is 0 Å². The standard InChI is InChI=1S/C12H26N2O2/c1-12(15,7-8-16-2)9-14-11-5-3-10(13)4-6-11/h10-11,14-15H,3-9,13H2,1-2H3. The van der Waals surface area contributed by atoms with Crippen LogP contribution in [0.25, 0.3) is 0 Å². The van der Waals surface area contributed by atoms with Crippen LogP contribution in [-0.2, 0) is 4.74 Å². The van der Waals surface area contributed by atoms with Gasteiger partial charge in [-0.05, 0) is 32.6 Å². The van der Waals surface area contributed by atoms with E-state index in [0.717, 1.165) is 25.7 Å². The fourth-order valence-electron chi connectivity index (χ4n) is 2.10. The minimum atomic E-state index is -0.671. The second-order valence-corrected chi connectivity index (χ2v) is 5.23. The first-order chi connectivity index (χ1) is 7.53. The topological polar surface area (TPSA) is 67.5 Å². The van der Waals surface area contributed by atoms with Crippen molar-refractivity contribution in [1.29, 1.82) is 0 Å². The smallest absolute Gasteiger partial charge is 0.0765 e. The van der Waals surface area contributed by atoms with Crippen molar-refractivity contribution < 1.29 is 9.84 Å². The van der Waals surface area contributed by atoms with Crippen molar-refractivity contribution in [3.05, 3.63) is 0 Å². The molecule has 4 N–H and O–H groups in total. The molecule has 1 fully saturated rings. The Morgan fingerprint density at radius 2 is 2.00 bits per heavy atom. The first-order valence-electron chi connectivity index (χ1n) is 6.24. The van der Waals surface area contributed by atoms with E-state index in [2.05, 4.69) is 5.32 Å². The number of ether oxygens (including phenoxy) is 1. The summed E-state index contributed by atoms with van der Waals surface area (Å²) in [6, 6.07) is 0.904. The zero-order valence-corrected chi connectivity index (χ0v) is 10.5. The maximum atomic E-state index is 10.1. The van der Waals surface area contributed by atoms with Crippen LogP contribution in [0.5, 0.6) is 0 Å². The van der Waals surface area contributed by atoms with Crippen LogP contribution >= 0.6 is 0 Å². The number of rotatable bonds is 6. The van der Waals surface area contributed by atoms with Crippen molar-refractivity contribution in [2.75, 3.05) is 20.3 Å². The van der Waals surface area contributed by atoms with Crippen LogP contribution in [-0.4, -0.2) is 43.1 Å². The number of aliphatic hydroxyl groups is 1. The van der Waals surface area contributed by atoms with E-state index < -0.39 is 5.60 Å². The summed E-state index contributed by atoms with van der Waals surface area (Å²) in [6.07, 6.45) is 5.11. The lowest BCUT2D eigenvalue weighted by Gasteiger charge is -2.31. The van der Waals surface area contributed by atoms with Gasteiger partial charge in [0.05, 0.1) is 5.60 Å². The summed E-state index contributed by atoms with van der Waals surface area (Å²) < 4.78 is 4.98. The molecule has 0 bridgehead atoms. The summed E-state index contributed by atoms with van der Waals surface area (Å²) >= 11 is 0. The summed E-state index contributed by atoms with van der Waals surface area (Å²) in [5.41, 5.74) is 5.18. The maximum Gasteiger partial charge on any atom is 0.0765 e. The summed E-state index contributed by atoms with van der Waals surface area (Å²) in [5.74, 6) is 0. The van der Waals surface area contributed by atoms with Crippen LogP contribution in [0.3, 0.4) is 0 Å². The zero-order chi connectivity index (χ0) is 12.0. The summed E-state index contributed by atoms with van der Waals surface area (Å²) in [7, 11) is 1.66. The number of hydrogen-bond donors (Lipinski definition) is 3. The zero-order valence-electron chi connectivity index (χ0n) is 10.5. The quantitative estimate of drug-likeness (QED) is 0.626. The van der Waals surface area contributed by atoms with Crippen LogP contribution in [0.15, 0.2) is 0 Å². The van der Waals surface area contributed by atoms with Gasteiger partial charge in [-0.3, -0.25) is 0 Å². The van der Waals surface area contributed by atoms with Gasteiger partial charge in [-0.2, -0.15) is 0 Å². The second kappa shape index (κ2) is 6.55. The molecule has 4 heteroatoms. The van der Waals surface area contributed by atoms with E-state index in [1.807, 2.05) is 6.92 Å². The normalized spacial score (nSPS) is 30.0. The Balaban J connectivity index is 2.17. The molecule has 0 aromatic heterocycles. The lowest BCUT2D eigenvalue weighted by atomic mass is 9.91. The fraction of sp³-hybridized carbons (Fsp3) is 1.00. The molecule has 0 aliphatic heterocycles. The lowest BCUT2D eigenvalue weighted by Crippen LogP contribution is -2.45. The second-order valence-electron chi connectivity index (χ2n) is 5.23. The van der Waals surface area contributed by atoms with Crippen LogP contribution in [0.2, 0.25) is 0 Å². The first kappa shape index (κ1) is 13.9. The monoisotopic (exact) mass is 230 g/mol. The van der Waals surface area contributed by atoms with E-state index in [4.69, 9.17) is 10.5 Å². The van der Waals surface area contributed by atoms with E-state index in [0.29, 0.717) is 31.7 Å². The number of methoxy groups -OCH3 is 1. The highest BCUT2D eigenvalue weighted by Crippen LogP contribution is 2.18. The molecular formula is C12H26N2O2. The minimum absolute atomic E-state index is 0.382. The highest BCUT2D eigenvalue weighted by molar-refractivity contribution is 4.82. The molecule has 1 rings (SSSR count). The van der Waals surface area contributed by atoms with Gasteiger partial charge in [0, 0.05) is 38.8 Å². The number of hydrogen-bond acceptors (Lipinski definition) is 4. The van der Waals surface area contributed by atoms with E-state index in [1.54, 1.807) is 7.11 Å². The Labute approximate surface area is 98.5 Å². The highest BCUT2D eigenvalue weighted by atomic mass is 16.5. The van der Waals surface area contributed by atoms with Crippen LogP contribution < -0.4 is 11.1 Å². The Hall–Kier alpha value is -0.160. The number of nitrogens with two attached hydrogens (primary N) is 1. The minimum Gasteiger partial charge on any atom is -0.389 e. The predicted molar refractivity (Wildman–Crippen MR) is 65.4 cm³/mol. The predicted octanol–water partition coefficient (Wildman–Crippen LogP) is 0.633. The van der Waals surface area contributed by atoms with Gasteiger partial charge < -0.3 is 20.9 Å². The average Bonchev–Trinajstić information content (AvgIpc) is 2.26. The molecule has 0 radical (unpaired) electrons. The first-order valence-corrected chi connectivity index (χ1v) is 6.24. The largest absolute Gasteiger partial charge is 0.389 e. The van der Waals surface area contributed by atoms with Crippen molar-refractivity contribution in [3.63, 3.8) is 0 Å². The maximum absolute atomic E-state index is 10.1. The van der Waals surface area contributed by atoms with Crippen molar-refractivity contribution in [1.82, 2.24) is 5.32 Å². The molecule has 1 atom stereocenters. The van der Waals surface area contributed by atoms with Gasteiger partial charge in [-0.1, -0.05) is 0 Å². The Morgan fingerprint density at radius 3 is 2.56 bits per heavy atom. The summed E-state index contributed by atoms with van der Waals surface area (Å²) in [4.78, 5) is 0. The van der Waals surface area contributed by atoms with Crippen molar-refractivity contribution in [3.8, 4) is 0 Å². The molecule has 1 unspecified atom stereocenters. The van der Waals surface area contributed by atoms with Gasteiger partial charge in [0.25, 0.3) is 0 Å². The average molecular weight is 230 g/mol. The third-order valence-electron chi connectivity index (χ3n) is 3.39. The highest BCUT2D eigenvalue weighted by Gasteiger charge is 2.23. The summed E-state index contributed by atoms with van der Waals surface area (Å²) in [5, 5.41) is 13.5. The Kier molecular flexibility index (Phi) is 5.69. The van der Waals surface area contributed by atoms with Crippen molar-refractivity contribution in [2.24, 2.45) is 5.73 Å². The SMILES string of the molecule is COCCC(C)(O)CNC1CCC(N)CC1. The van der Waals surface area contributed by atoms with Gasteiger partial charge in [0.2, 0.25) is 0 Å². The molecule has 0 aromatic carbocycles. The molecule has 1 aliphatic rings. The number of nitrogens with one attached hydrogen (secondary N) is 1. The molecular weight excluding hydrogens is 204 g/mol. The van der Waals surface area contributed by atoms with Gasteiger partial charge in [-0.15, -0.1) is 0 Å². The van der Waals surface area contributed by atoms with E-state index in [1.165, 1.54) is 0 Å². The Bertz CT molecular complexity index is 189. The molecule has 0 heterocycles. The van der Waals surface area contributed by atoms with Gasteiger partial charge >= 0.3 is 0 Å². The van der Waals surface area contributed by atoms with Crippen LogP contribution in [0, 0.1) is 0 Å². The third kappa shape index (κ3) is 5.25. The molecule has 1 saturated carbocycles. The van der Waals surface area contributed by atoms with Crippen molar-refractivity contribution >= 4 is 0 Å². The molecule has 0 saturated heterocycles. The molecule has 0 amide bonds. The van der Waals surface area contributed by atoms with E-state index in [9.17, 15) is 5.11 Å². The lowest BCUT2D eigenvalue weighted by molar-refractivity contribution is 0.0216. The summed E-state index contributed by atoms with van der Waals surface area (Å²) in [6.45, 7) is 3.09. The molecule has 4 nitrogen and oxygen atoms in total. The molecule has 1 aliphatic carbocycles. The molecule has 0 aromatic rings. The van der Waals surface area contributed by atoms with E-state index in [-0.39, 0.29) is 0 Å². The van der Waals surface area contributed by atoms with Gasteiger partial charge in [-0.25, -0.2) is 0 Å². The molecule has 0 spiro atoms.